The van der Waals surface area contributed by atoms with Crippen molar-refractivity contribution < 1.29 is 9.47 Å². The first kappa shape index (κ1) is 12.9. The summed E-state index contributed by atoms with van der Waals surface area (Å²) in [4.78, 5) is 0. The maximum Gasteiger partial charge on any atom is 0.120 e. The highest BCUT2D eigenvalue weighted by molar-refractivity contribution is 6.12. The van der Waals surface area contributed by atoms with Crippen LogP contribution < -0.4 is 4.74 Å². The first-order valence-electron chi connectivity index (χ1n) is 7.96. The van der Waals surface area contributed by atoms with E-state index in [1.54, 1.807) is 0 Å². The van der Waals surface area contributed by atoms with Gasteiger partial charge in [0.2, 0.25) is 0 Å². The van der Waals surface area contributed by atoms with Crippen LogP contribution >= 0.6 is 0 Å². The molecule has 112 valence electrons. The van der Waals surface area contributed by atoms with Crippen LogP contribution in [0.3, 0.4) is 0 Å². The Morgan fingerprint density at radius 2 is 1.48 bits per heavy atom. The first-order chi connectivity index (χ1) is 11.4. The third-order valence-electron chi connectivity index (χ3n) is 4.51. The molecule has 4 aromatic carbocycles. The predicted molar refractivity (Wildman–Crippen MR) is 94.2 cm³/mol. The zero-order chi connectivity index (χ0) is 15.2. The van der Waals surface area contributed by atoms with Crippen molar-refractivity contribution in [2.45, 2.75) is 6.10 Å². The molecule has 2 heteroatoms. The monoisotopic (exact) mass is 300 g/mol. The van der Waals surface area contributed by atoms with E-state index in [0.29, 0.717) is 6.61 Å². The number of hydrogen-bond donors (Lipinski definition) is 0. The van der Waals surface area contributed by atoms with E-state index in [-0.39, 0.29) is 6.10 Å². The molecule has 5 rings (SSSR count). The van der Waals surface area contributed by atoms with Crippen molar-refractivity contribution in [1.29, 1.82) is 0 Å². The molecule has 1 saturated heterocycles. The Bertz CT molecular complexity index is 1030. The van der Waals surface area contributed by atoms with E-state index >= 15 is 0 Å². The van der Waals surface area contributed by atoms with Gasteiger partial charge in [0.15, 0.2) is 0 Å². The molecule has 0 radical (unpaired) electrons. The highest BCUT2D eigenvalue weighted by Gasteiger charge is 2.23. The van der Waals surface area contributed by atoms with Crippen LogP contribution in [-0.2, 0) is 4.74 Å². The van der Waals surface area contributed by atoms with E-state index in [1.807, 2.05) is 6.07 Å². The minimum absolute atomic E-state index is 0.280. The van der Waals surface area contributed by atoms with E-state index in [1.165, 1.54) is 32.3 Å². The molecule has 1 fully saturated rings. The molecule has 1 unspecified atom stereocenters. The van der Waals surface area contributed by atoms with Gasteiger partial charge in [0, 0.05) is 0 Å². The Labute approximate surface area is 134 Å². The fourth-order valence-electron chi connectivity index (χ4n) is 3.17. The predicted octanol–water partition coefficient (Wildman–Crippen LogP) is 4.92. The van der Waals surface area contributed by atoms with Crippen molar-refractivity contribution in [3.05, 3.63) is 66.7 Å². The minimum Gasteiger partial charge on any atom is -0.491 e. The summed E-state index contributed by atoms with van der Waals surface area (Å²) in [6, 6.07) is 23.7. The molecule has 2 nitrogen and oxygen atoms in total. The van der Waals surface area contributed by atoms with Gasteiger partial charge >= 0.3 is 0 Å². The van der Waals surface area contributed by atoms with Crippen molar-refractivity contribution in [3.8, 4) is 5.75 Å². The normalized spacial score (nSPS) is 17.0. The van der Waals surface area contributed by atoms with E-state index in [2.05, 4.69) is 60.7 Å². The van der Waals surface area contributed by atoms with Crippen LogP contribution in [0.2, 0.25) is 0 Å². The Kier molecular flexibility index (Phi) is 2.79. The molecule has 1 atom stereocenters. The fourth-order valence-corrected chi connectivity index (χ4v) is 3.17. The Hall–Kier alpha value is -2.58. The number of rotatable bonds is 3. The summed E-state index contributed by atoms with van der Waals surface area (Å²) in [5.74, 6) is 0.911. The molecule has 0 N–H and O–H groups in total. The van der Waals surface area contributed by atoms with Gasteiger partial charge in [0.1, 0.15) is 18.5 Å². The van der Waals surface area contributed by atoms with E-state index < -0.39 is 0 Å². The van der Waals surface area contributed by atoms with Crippen LogP contribution in [0.15, 0.2) is 66.7 Å². The van der Waals surface area contributed by atoms with Crippen LogP contribution in [0.1, 0.15) is 0 Å². The lowest BCUT2D eigenvalue weighted by atomic mass is 9.98. The van der Waals surface area contributed by atoms with Gasteiger partial charge < -0.3 is 9.47 Å². The minimum atomic E-state index is 0.280. The van der Waals surface area contributed by atoms with Crippen molar-refractivity contribution in [3.63, 3.8) is 0 Å². The molecule has 0 aliphatic carbocycles. The molecule has 0 saturated carbocycles. The largest absolute Gasteiger partial charge is 0.491 e. The van der Waals surface area contributed by atoms with Crippen molar-refractivity contribution in [2.75, 3.05) is 13.2 Å². The lowest BCUT2D eigenvalue weighted by Crippen LogP contribution is -2.03. The summed E-state index contributed by atoms with van der Waals surface area (Å²) >= 11 is 0. The van der Waals surface area contributed by atoms with Gasteiger partial charge in [-0.05, 0) is 56.6 Å². The molecular formula is C21H16O2. The van der Waals surface area contributed by atoms with Gasteiger partial charge in [-0.15, -0.1) is 0 Å². The average Bonchev–Trinajstić information content (AvgIpc) is 3.42. The second-order valence-corrected chi connectivity index (χ2v) is 6.14. The van der Waals surface area contributed by atoms with Gasteiger partial charge in [0.05, 0.1) is 6.61 Å². The molecule has 1 heterocycles. The number of benzene rings is 4. The van der Waals surface area contributed by atoms with Crippen LogP contribution in [0.4, 0.5) is 0 Å². The second-order valence-electron chi connectivity index (χ2n) is 6.14. The van der Waals surface area contributed by atoms with E-state index in [0.717, 1.165) is 12.4 Å². The molecule has 0 amide bonds. The Morgan fingerprint density at radius 1 is 0.783 bits per heavy atom. The summed E-state index contributed by atoms with van der Waals surface area (Å²) in [7, 11) is 0. The maximum atomic E-state index is 5.85. The number of ether oxygens (including phenoxy) is 2. The number of fused-ring (bicyclic) bond motifs is 4. The molecule has 0 aromatic heterocycles. The summed E-state index contributed by atoms with van der Waals surface area (Å²) < 4.78 is 11.1. The summed E-state index contributed by atoms with van der Waals surface area (Å²) in [5, 5.41) is 7.56. The van der Waals surface area contributed by atoms with Crippen molar-refractivity contribution >= 4 is 32.3 Å². The van der Waals surface area contributed by atoms with Gasteiger partial charge in [-0.1, -0.05) is 42.5 Å². The van der Waals surface area contributed by atoms with Gasteiger partial charge in [0.25, 0.3) is 0 Å². The molecule has 1 aliphatic heterocycles. The molecule has 4 aromatic rings. The SMILES string of the molecule is c1ccc2cc3c(ccc4ccc(OCC5CO5)cc43)cc2c1. The molecular weight excluding hydrogens is 284 g/mol. The molecule has 1 aliphatic rings. The molecule has 23 heavy (non-hydrogen) atoms. The van der Waals surface area contributed by atoms with E-state index in [9.17, 15) is 0 Å². The highest BCUT2D eigenvalue weighted by atomic mass is 16.6. The molecule has 0 bridgehead atoms. The second kappa shape index (κ2) is 4.97. The zero-order valence-corrected chi connectivity index (χ0v) is 12.7. The fraction of sp³-hybridized carbons (Fsp3) is 0.143. The summed E-state index contributed by atoms with van der Waals surface area (Å²) in [5.41, 5.74) is 0. The standard InChI is InChI=1S/C21H16O2/c1-2-4-16-10-20-17(9-15(16)3-1)6-5-14-7-8-18(11-21(14)20)22-12-19-13-23-19/h1-11,19H,12-13H2. The van der Waals surface area contributed by atoms with Crippen LogP contribution in [0.25, 0.3) is 32.3 Å². The third-order valence-corrected chi connectivity index (χ3v) is 4.51. The quantitative estimate of drug-likeness (QED) is 0.304. The lowest BCUT2D eigenvalue weighted by molar-refractivity contribution is 0.263. The third kappa shape index (κ3) is 2.32. The average molecular weight is 300 g/mol. The van der Waals surface area contributed by atoms with Gasteiger partial charge in [-0.3, -0.25) is 0 Å². The van der Waals surface area contributed by atoms with Gasteiger partial charge in [-0.2, -0.15) is 0 Å². The maximum absolute atomic E-state index is 5.85. The Balaban J connectivity index is 1.71. The van der Waals surface area contributed by atoms with Crippen LogP contribution in [0, 0.1) is 0 Å². The smallest absolute Gasteiger partial charge is 0.120 e. The topological polar surface area (TPSA) is 21.8 Å². The number of epoxide rings is 1. The summed E-state index contributed by atoms with van der Waals surface area (Å²) in [6.07, 6.45) is 0.280. The van der Waals surface area contributed by atoms with Gasteiger partial charge in [-0.25, -0.2) is 0 Å². The van der Waals surface area contributed by atoms with Crippen LogP contribution in [0.5, 0.6) is 5.75 Å². The number of hydrogen-bond acceptors (Lipinski definition) is 2. The summed E-state index contributed by atoms with van der Waals surface area (Å²) in [6.45, 7) is 1.46. The highest BCUT2D eigenvalue weighted by Crippen LogP contribution is 2.31. The van der Waals surface area contributed by atoms with Crippen LogP contribution in [-0.4, -0.2) is 19.3 Å². The van der Waals surface area contributed by atoms with Crippen molar-refractivity contribution in [2.24, 2.45) is 0 Å². The van der Waals surface area contributed by atoms with E-state index in [4.69, 9.17) is 9.47 Å². The van der Waals surface area contributed by atoms with Crippen molar-refractivity contribution in [1.82, 2.24) is 0 Å². The Morgan fingerprint density at radius 3 is 2.30 bits per heavy atom. The lowest BCUT2D eigenvalue weighted by Gasteiger charge is -2.09. The zero-order valence-electron chi connectivity index (χ0n) is 12.7. The molecule has 0 spiro atoms. The first-order valence-corrected chi connectivity index (χ1v) is 7.96.